The minimum atomic E-state index is -0.0708. The normalized spacial score (nSPS) is 19.6. The van der Waals surface area contributed by atoms with Gasteiger partial charge in [0.2, 0.25) is 5.82 Å². The number of carbonyl (C=O) groups excluding carboxylic acids is 1. The molecule has 1 saturated heterocycles. The molecule has 1 unspecified atom stereocenters. The molecule has 1 atom stereocenters. The number of likely N-dealkylation sites (tertiary alicyclic amines) is 1. The van der Waals surface area contributed by atoms with Crippen LogP contribution in [0.1, 0.15) is 48.0 Å². The van der Waals surface area contributed by atoms with Crippen molar-refractivity contribution in [2.75, 3.05) is 26.7 Å². The van der Waals surface area contributed by atoms with Crippen molar-refractivity contribution in [2.45, 2.75) is 31.6 Å². The van der Waals surface area contributed by atoms with Gasteiger partial charge in [0.25, 0.3) is 5.91 Å². The Hall–Kier alpha value is -1.63. The Kier molecular flexibility index (Phi) is 6.40. The van der Waals surface area contributed by atoms with Gasteiger partial charge in [-0.15, -0.1) is 17.5 Å². The summed E-state index contributed by atoms with van der Waals surface area (Å²) in [7, 11) is 1.95. The maximum Gasteiger partial charge on any atom is 0.293 e. The second-order valence-corrected chi connectivity index (χ2v) is 7.66. The second-order valence-electron chi connectivity index (χ2n) is 7.25. The van der Waals surface area contributed by atoms with Crippen LogP contribution < -0.4 is 5.32 Å². The molecule has 6 nitrogen and oxygen atoms in total. The molecule has 1 amide bonds. The molecular formula is C19H25Cl2N5O. The molecule has 1 aromatic heterocycles. The van der Waals surface area contributed by atoms with Crippen LogP contribution in [0, 0.1) is 5.92 Å². The fourth-order valence-electron chi connectivity index (χ4n) is 3.67. The van der Waals surface area contributed by atoms with Crippen molar-refractivity contribution in [3.05, 3.63) is 40.9 Å². The predicted octanol–water partition coefficient (Wildman–Crippen LogP) is 3.29. The number of para-hydroxylation sites is 1. The van der Waals surface area contributed by atoms with Gasteiger partial charge in [-0.2, -0.15) is 0 Å². The van der Waals surface area contributed by atoms with E-state index in [1.165, 1.54) is 0 Å². The molecule has 1 aromatic carbocycles. The fraction of sp³-hybridized carbons (Fsp3) is 0.526. The van der Waals surface area contributed by atoms with E-state index in [4.69, 9.17) is 11.6 Å². The third kappa shape index (κ3) is 4.28. The van der Waals surface area contributed by atoms with E-state index in [1.807, 2.05) is 36.2 Å². The second kappa shape index (κ2) is 8.59. The largest absolute Gasteiger partial charge is 0.336 e. The Labute approximate surface area is 170 Å². The molecule has 4 rings (SSSR count). The summed E-state index contributed by atoms with van der Waals surface area (Å²) in [6, 6.07) is 7.57. The van der Waals surface area contributed by atoms with Crippen LogP contribution >= 0.6 is 24.0 Å². The molecule has 27 heavy (non-hydrogen) atoms. The lowest BCUT2D eigenvalue weighted by atomic mass is 9.98. The van der Waals surface area contributed by atoms with Gasteiger partial charge >= 0.3 is 0 Å². The summed E-state index contributed by atoms with van der Waals surface area (Å²) in [4.78, 5) is 19.5. The maximum atomic E-state index is 13.0. The minimum Gasteiger partial charge on any atom is -0.336 e. The summed E-state index contributed by atoms with van der Waals surface area (Å²) in [5.41, 5.74) is 0.786. The number of benzene rings is 1. The number of amides is 1. The first-order valence-electron chi connectivity index (χ1n) is 9.33. The smallest absolute Gasteiger partial charge is 0.293 e. The average molecular weight is 410 g/mol. The Bertz CT molecular complexity index is 803. The van der Waals surface area contributed by atoms with E-state index in [-0.39, 0.29) is 24.1 Å². The molecular weight excluding hydrogens is 385 g/mol. The van der Waals surface area contributed by atoms with Crippen molar-refractivity contribution >= 4 is 29.9 Å². The lowest BCUT2D eigenvalue weighted by Crippen LogP contribution is -2.42. The lowest BCUT2D eigenvalue weighted by Gasteiger charge is -2.31. The van der Waals surface area contributed by atoms with E-state index in [2.05, 4.69) is 15.4 Å². The van der Waals surface area contributed by atoms with Crippen LogP contribution in [0.5, 0.6) is 0 Å². The Balaban J connectivity index is 0.00000210. The summed E-state index contributed by atoms with van der Waals surface area (Å²) < 4.78 is 1.77. The zero-order chi connectivity index (χ0) is 18.1. The van der Waals surface area contributed by atoms with Crippen molar-refractivity contribution in [3.8, 4) is 5.69 Å². The third-order valence-corrected chi connectivity index (χ3v) is 5.47. The third-order valence-electron chi connectivity index (χ3n) is 5.15. The number of aromatic nitrogens is 3. The van der Waals surface area contributed by atoms with Crippen LogP contribution in [-0.2, 0) is 0 Å². The highest BCUT2D eigenvalue weighted by molar-refractivity contribution is 6.32. The first kappa shape index (κ1) is 20.1. The number of carbonyl (C=O) groups is 1. The van der Waals surface area contributed by atoms with E-state index in [9.17, 15) is 4.79 Å². The van der Waals surface area contributed by atoms with Crippen LogP contribution in [0.4, 0.5) is 0 Å². The number of halogens is 2. The van der Waals surface area contributed by atoms with E-state index in [0.29, 0.717) is 16.9 Å². The SMILES string of the molecule is CNCC1CCCN(C(=O)c2nc(C3CC3)n(-c3ccccc3Cl)n2)C1.Cl. The Morgan fingerprint density at radius 1 is 1.30 bits per heavy atom. The van der Waals surface area contributed by atoms with Gasteiger partial charge in [-0.05, 0) is 57.3 Å². The predicted molar refractivity (Wildman–Crippen MR) is 108 cm³/mol. The first-order valence-corrected chi connectivity index (χ1v) is 9.71. The molecule has 1 aliphatic heterocycles. The molecule has 8 heteroatoms. The topological polar surface area (TPSA) is 63.1 Å². The summed E-state index contributed by atoms with van der Waals surface area (Å²) in [5.74, 6) is 1.94. The monoisotopic (exact) mass is 409 g/mol. The van der Waals surface area contributed by atoms with Gasteiger partial charge in [0, 0.05) is 19.0 Å². The highest BCUT2D eigenvalue weighted by Crippen LogP contribution is 2.40. The molecule has 2 fully saturated rings. The van der Waals surface area contributed by atoms with Gasteiger partial charge < -0.3 is 10.2 Å². The zero-order valence-electron chi connectivity index (χ0n) is 15.4. The molecule has 1 aliphatic carbocycles. The molecule has 0 bridgehead atoms. The van der Waals surface area contributed by atoms with Gasteiger partial charge in [-0.3, -0.25) is 4.79 Å². The van der Waals surface area contributed by atoms with E-state index in [0.717, 1.165) is 56.8 Å². The molecule has 1 N–H and O–H groups in total. The van der Waals surface area contributed by atoms with Crippen molar-refractivity contribution < 1.29 is 4.79 Å². The zero-order valence-corrected chi connectivity index (χ0v) is 17.0. The molecule has 2 heterocycles. The standard InChI is InChI=1S/C19H24ClN5O.ClH/c1-21-11-13-5-4-10-24(12-13)19(26)17-22-18(14-8-9-14)25(23-17)16-7-3-2-6-15(16)20;/h2-3,6-7,13-14,21H,4-5,8-12H2,1H3;1H. The summed E-state index contributed by atoms with van der Waals surface area (Å²) in [5, 5.41) is 8.39. The molecule has 0 spiro atoms. The fourth-order valence-corrected chi connectivity index (χ4v) is 3.88. The molecule has 1 saturated carbocycles. The average Bonchev–Trinajstić information content (AvgIpc) is 3.41. The van der Waals surface area contributed by atoms with Crippen molar-refractivity contribution in [2.24, 2.45) is 5.92 Å². The number of nitrogens with one attached hydrogen (secondary N) is 1. The van der Waals surface area contributed by atoms with Crippen LogP contribution in [0.25, 0.3) is 5.69 Å². The van der Waals surface area contributed by atoms with Gasteiger partial charge in [-0.1, -0.05) is 23.7 Å². The van der Waals surface area contributed by atoms with Gasteiger partial charge in [0.15, 0.2) is 0 Å². The highest BCUT2D eigenvalue weighted by atomic mass is 35.5. The van der Waals surface area contributed by atoms with E-state index >= 15 is 0 Å². The summed E-state index contributed by atoms with van der Waals surface area (Å²) >= 11 is 6.36. The van der Waals surface area contributed by atoms with Crippen LogP contribution in [0.2, 0.25) is 5.02 Å². The van der Waals surface area contributed by atoms with Gasteiger partial charge in [0.1, 0.15) is 5.82 Å². The number of rotatable bonds is 5. The quantitative estimate of drug-likeness (QED) is 0.822. The first-order chi connectivity index (χ1) is 12.7. The molecule has 146 valence electrons. The number of hydrogen-bond acceptors (Lipinski definition) is 4. The Morgan fingerprint density at radius 3 is 2.78 bits per heavy atom. The highest BCUT2D eigenvalue weighted by Gasteiger charge is 2.33. The summed E-state index contributed by atoms with van der Waals surface area (Å²) in [6.45, 7) is 2.47. The number of piperidine rings is 1. The number of nitrogens with zero attached hydrogens (tertiary/aromatic N) is 4. The minimum absolute atomic E-state index is 0. The van der Waals surface area contributed by atoms with E-state index < -0.39 is 0 Å². The molecule has 2 aromatic rings. The van der Waals surface area contributed by atoms with Crippen LogP contribution in [0.3, 0.4) is 0 Å². The van der Waals surface area contributed by atoms with E-state index in [1.54, 1.807) is 4.68 Å². The van der Waals surface area contributed by atoms with Gasteiger partial charge in [-0.25, -0.2) is 9.67 Å². The number of hydrogen-bond donors (Lipinski definition) is 1. The molecule has 2 aliphatic rings. The van der Waals surface area contributed by atoms with Crippen molar-refractivity contribution in [1.29, 1.82) is 0 Å². The summed E-state index contributed by atoms with van der Waals surface area (Å²) in [6.07, 6.45) is 4.35. The molecule has 0 radical (unpaired) electrons. The maximum absolute atomic E-state index is 13.0. The van der Waals surface area contributed by atoms with Gasteiger partial charge in [0.05, 0.1) is 10.7 Å². The Morgan fingerprint density at radius 2 is 2.07 bits per heavy atom. The van der Waals surface area contributed by atoms with Crippen LogP contribution in [0.15, 0.2) is 24.3 Å². The van der Waals surface area contributed by atoms with Crippen molar-refractivity contribution in [3.63, 3.8) is 0 Å². The van der Waals surface area contributed by atoms with Crippen LogP contribution in [-0.4, -0.2) is 52.3 Å². The lowest BCUT2D eigenvalue weighted by molar-refractivity contribution is 0.0662. The van der Waals surface area contributed by atoms with Crippen molar-refractivity contribution in [1.82, 2.24) is 25.0 Å².